The summed E-state index contributed by atoms with van der Waals surface area (Å²) in [5, 5.41) is 16.4. The van der Waals surface area contributed by atoms with Gasteiger partial charge in [-0.25, -0.2) is 0 Å². The summed E-state index contributed by atoms with van der Waals surface area (Å²) in [6.45, 7) is 5.92. The Morgan fingerprint density at radius 3 is 2.45 bits per heavy atom. The maximum atomic E-state index is 14.0. The van der Waals surface area contributed by atoms with Gasteiger partial charge in [0.2, 0.25) is 5.82 Å². The molecule has 1 aromatic heterocycles. The third-order valence-electron chi connectivity index (χ3n) is 6.33. The summed E-state index contributed by atoms with van der Waals surface area (Å²) in [5.74, 6) is -0.721. The van der Waals surface area contributed by atoms with E-state index in [0.717, 1.165) is 17.2 Å². The topological polar surface area (TPSA) is 88.2 Å². The molecule has 0 amide bonds. The highest BCUT2D eigenvalue weighted by Gasteiger charge is 2.34. The van der Waals surface area contributed by atoms with E-state index in [0.29, 0.717) is 24.1 Å². The Kier molecular flexibility index (Phi) is 7.97. The van der Waals surface area contributed by atoms with Gasteiger partial charge >= 0.3 is 12.1 Å². The summed E-state index contributed by atoms with van der Waals surface area (Å²) in [7, 11) is 0. The summed E-state index contributed by atoms with van der Waals surface area (Å²) >= 11 is 0. The second-order valence-electron chi connectivity index (χ2n) is 9.46. The zero-order chi connectivity index (χ0) is 27.4. The normalized spacial score (nSPS) is 12.6. The quantitative estimate of drug-likeness (QED) is 0.256. The van der Waals surface area contributed by atoms with Gasteiger partial charge in [0.25, 0.3) is 5.89 Å². The molecule has 6 nitrogen and oxygen atoms in total. The van der Waals surface area contributed by atoms with E-state index >= 15 is 0 Å². The zero-order valence-corrected chi connectivity index (χ0v) is 21.2. The Labute approximate surface area is 218 Å². The molecule has 0 saturated heterocycles. The number of alkyl halides is 3. The lowest BCUT2D eigenvalue weighted by atomic mass is 9.94. The van der Waals surface area contributed by atoms with Crippen LogP contribution in [0.3, 0.4) is 0 Å². The smallest absolute Gasteiger partial charge is 0.417 e. The number of benzene rings is 3. The minimum atomic E-state index is -4.58. The molecule has 0 spiro atoms. The molecule has 4 aromatic rings. The molecule has 1 atom stereocenters. The van der Waals surface area contributed by atoms with Gasteiger partial charge in [-0.15, -0.1) is 0 Å². The average Bonchev–Trinajstić information content (AvgIpc) is 3.36. The first kappa shape index (κ1) is 27.1. The predicted molar refractivity (Wildman–Crippen MR) is 138 cm³/mol. The lowest BCUT2D eigenvalue weighted by Gasteiger charge is -2.17. The molecule has 0 bridgehead atoms. The van der Waals surface area contributed by atoms with E-state index in [2.05, 4.69) is 15.5 Å². The minimum Gasteiger partial charge on any atom is -0.480 e. The SMILES string of the molecule is Cc1ccccc1-c1ccc(-c2nc(-c3cccc(CCN[C@H](C(=O)O)C(C)C)c3)no2)cc1C(F)(F)F. The molecular weight excluding hydrogens is 495 g/mol. The van der Waals surface area contributed by atoms with Gasteiger partial charge in [0, 0.05) is 11.1 Å². The highest BCUT2D eigenvalue weighted by molar-refractivity contribution is 5.75. The summed E-state index contributed by atoms with van der Waals surface area (Å²) in [4.78, 5) is 15.7. The minimum absolute atomic E-state index is 0.0184. The van der Waals surface area contributed by atoms with Crippen molar-refractivity contribution in [2.45, 2.75) is 39.4 Å². The number of nitrogens with zero attached hydrogens (tertiary/aromatic N) is 2. The predicted octanol–water partition coefficient (Wildman–Crippen LogP) is 6.64. The van der Waals surface area contributed by atoms with Gasteiger partial charge in [0.15, 0.2) is 0 Å². The molecule has 2 N–H and O–H groups in total. The van der Waals surface area contributed by atoms with Crippen molar-refractivity contribution >= 4 is 5.97 Å². The van der Waals surface area contributed by atoms with Crippen molar-refractivity contribution in [2.24, 2.45) is 5.92 Å². The second kappa shape index (κ2) is 11.2. The number of nitrogens with one attached hydrogen (secondary N) is 1. The number of carboxylic acids is 1. The highest BCUT2D eigenvalue weighted by Crippen LogP contribution is 2.40. The average molecular weight is 524 g/mol. The van der Waals surface area contributed by atoms with Crippen LogP contribution in [0.25, 0.3) is 34.0 Å². The fraction of sp³-hybridized carbons (Fsp3) is 0.276. The number of rotatable bonds is 9. The van der Waals surface area contributed by atoms with Crippen molar-refractivity contribution in [3.8, 4) is 34.0 Å². The standard InChI is InChI=1S/C29H28F3N3O3/c1-17(2)25(28(36)37)33-14-13-19-8-6-9-20(15-19)26-34-27(38-35-26)21-11-12-23(24(16-21)29(30,31)32)22-10-5-4-7-18(22)3/h4-12,15-17,25,33H,13-14H2,1-3H3,(H,36,37)/t25-/m0/s1. The Bertz CT molecular complexity index is 1430. The Morgan fingerprint density at radius 2 is 1.76 bits per heavy atom. The van der Waals surface area contributed by atoms with Crippen molar-refractivity contribution < 1.29 is 27.6 Å². The van der Waals surface area contributed by atoms with Gasteiger partial charge in [-0.3, -0.25) is 4.79 Å². The van der Waals surface area contributed by atoms with Crippen molar-refractivity contribution in [2.75, 3.05) is 6.54 Å². The van der Waals surface area contributed by atoms with E-state index in [1.54, 1.807) is 43.3 Å². The number of aryl methyl sites for hydroxylation is 1. The third-order valence-corrected chi connectivity index (χ3v) is 6.33. The molecule has 0 aliphatic rings. The number of carbonyl (C=O) groups is 1. The number of carboxylic acid groups (broad SMARTS) is 1. The number of halogens is 3. The molecule has 0 aliphatic heterocycles. The van der Waals surface area contributed by atoms with E-state index in [4.69, 9.17) is 4.52 Å². The Morgan fingerprint density at radius 1 is 1.00 bits per heavy atom. The van der Waals surface area contributed by atoms with Crippen molar-refractivity contribution in [1.29, 1.82) is 0 Å². The number of aliphatic carboxylic acids is 1. The largest absolute Gasteiger partial charge is 0.480 e. The van der Waals surface area contributed by atoms with Gasteiger partial charge in [-0.1, -0.05) is 67.5 Å². The van der Waals surface area contributed by atoms with Gasteiger partial charge in [-0.05, 0) is 66.3 Å². The molecule has 9 heteroatoms. The van der Waals surface area contributed by atoms with Crippen molar-refractivity contribution in [1.82, 2.24) is 15.5 Å². The molecule has 0 fully saturated rings. The number of hydrogen-bond donors (Lipinski definition) is 2. The summed E-state index contributed by atoms with van der Waals surface area (Å²) in [6.07, 6.45) is -4.00. The molecule has 3 aromatic carbocycles. The summed E-state index contributed by atoms with van der Waals surface area (Å²) < 4.78 is 47.4. The van der Waals surface area contributed by atoms with Crippen LogP contribution in [-0.4, -0.2) is 33.8 Å². The van der Waals surface area contributed by atoms with Crippen LogP contribution in [0.5, 0.6) is 0 Å². The van der Waals surface area contributed by atoms with Crippen LogP contribution in [0.15, 0.2) is 71.3 Å². The fourth-order valence-electron chi connectivity index (χ4n) is 4.33. The van der Waals surface area contributed by atoms with Gasteiger partial charge in [0.05, 0.1) is 5.56 Å². The van der Waals surface area contributed by atoms with Gasteiger partial charge < -0.3 is 14.9 Å². The van der Waals surface area contributed by atoms with Crippen LogP contribution in [0.2, 0.25) is 0 Å². The summed E-state index contributed by atoms with van der Waals surface area (Å²) in [5.41, 5.74) is 2.29. The molecule has 38 heavy (non-hydrogen) atoms. The van der Waals surface area contributed by atoms with E-state index in [1.807, 2.05) is 32.0 Å². The van der Waals surface area contributed by atoms with E-state index in [9.17, 15) is 23.1 Å². The number of aromatic nitrogens is 2. The maximum absolute atomic E-state index is 14.0. The summed E-state index contributed by atoms with van der Waals surface area (Å²) in [6, 6.07) is 17.6. The van der Waals surface area contributed by atoms with Crippen molar-refractivity contribution in [3.63, 3.8) is 0 Å². The first-order valence-electron chi connectivity index (χ1n) is 12.2. The van der Waals surface area contributed by atoms with E-state index in [-0.39, 0.29) is 28.8 Å². The van der Waals surface area contributed by atoms with Crippen LogP contribution in [0, 0.1) is 12.8 Å². The maximum Gasteiger partial charge on any atom is 0.417 e. The molecular formula is C29H28F3N3O3. The highest BCUT2D eigenvalue weighted by atomic mass is 19.4. The first-order chi connectivity index (χ1) is 18.0. The van der Waals surface area contributed by atoms with Crippen LogP contribution in [0.4, 0.5) is 13.2 Å². The van der Waals surface area contributed by atoms with Crippen LogP contribution < -0.4 is 5.32 Å². The monoisotopic (exact) mass is 523 g/mol. The number of hydrogen-bond acceptors (Lipinski definition) is 5. The Balaban J connectivity index is 1.57. The van der Waals surface area contributed by atoms with Crippen molar-refractivity contribution in [3.05, 3.63) is 83.4 Å². The van der Waals surface area contributed by atoms with Crippen LogP contribution in [-0.2, 0) is 17.4 Å². The molecule has 0 aliphatic carbocycles. The Hall–Kier alpha value is -3.98. The third kappa shape index (κ3) is 6.11. The molecule has 4 rings (SSSR count). The lowest BCUT2D eigenvalue weighted by Crippen LogP contribution is -2.41. The zero-order valence-electron chi connectivity index (χ0n) is 21.2. The first-order valence-corrected chi connectivity index (χ1v) is 12.2. The van der Waals surface area contributed by atoms with Crippen LogP contribution >= 0.6 is 0 Å². The lowest BCUT2D eigenvalue weighted by molar-refractivity contribution is -0.140. The molecule has 1 heterocycles. The van der Waals surface area contributed by atoms with E-state index < -0.39 is 23.8 Å². The van der Waals surface area contributed by atoms with Crippen LogP contribution in [0.1, 0.15) is 30.5 Å². The molecule has 0 saturated carbocycles. The molecule has 0 radical (unpaired) electrons. The van der Waals surface area contributed by atoms with E-state index in [1.165, 1.54) is 6.07 Å². The van der Waals surface area contributed by atoms with Gasteiger partial charge in [0.1, 0.15) is 6.04 Å². The molecule has 198 valence electrons. The second-order valence-corrected chi connectivity index (χ2v) is 9.46. The molecule has 0 unspecified atom stereocenters. The fourth-order valence-corrected chi connectivity index (χ4v) is 4.33. The van der Waals surface area contributed by atoms with Gasteiger partial charge in [-0.2, -0.15) is 18.2 Å².